The Kier molecular flexibility index (Phi) is 4.72. The second-order valence-corrected chi connectivity index (χ2v) is 7.78. The zero-order valence-electron chi connectivity index (χ0n) is 11.1. The van der Waals surface area contributed by atoms with Crippen LogP contribution in [0.3, 0.4) is 0 Å². The minimum Gasteiger partial charge on any atom is -0.388 e. The van der Waals surface area contributed by atoms with E-state index in [0.717, 1.165) is 46.1 Å². The van der Waals surface area contributed by atoms with E-state index in [1.165, 1.54) is 0 Å². The molecule has 3 nitrogen and oxygen atoms in total. The van der Waals surface area contributed by atoms with Gasteiger partial charge in [0.25, 0.3) is 0 Å². The number of hydrogen-bond donors (Lipinski definition) is 1. The number of benzene rings is 1. The molecule has 2 aliphatic rings. The van der Waals surface area contributed by atoms with E-state index >= 15 is 0 Å². The summed E-state index contributed by atoms with van der Waals surface area (Å²) in [5.41, 5.74) is 0.863. The lowest BCUT2D eigenvalue weighted by atomic mass is 9.80. The molecule has 2 aliphatic heterocycles. The summed E-state index contributed by atoms with van der Waals surface area (Å²) in [7, 11) is 0. The van der Waals surface area contributed by atoms with Gasteiger partial charge in [-0.15, -0.1) is 0 Å². The minimum absolute atomic E-state index is 0.151. The molecule has 1 aromatic carbocycles. The molecule has 110 valence electrons. The molecule has 0 aliphatic carbocycles. The molecule has 3 rings (SSSR count). The van der Waals surface area contributed by atoms with Gasteiger partial charge in [0.15, 0.2) is 0 Å². The molecule has 3 unspecified atom stereocenters. The van der Waals surface area contributed by atoms with Crippen molar-refractivity contribution in [3.8, 4) is 0 Å². The van der Waals surface area contributed by atoms with Gasteiger partial charge >= 0.3 is 0 Å². The van der Waals surface area contributed by atoms with Gasteiger partial charge in [0.2, 0.25) is 0 Å². The summed E-state index contributed by atoms with van der Waals surface area (Å²) in [5, 5.41) is 10.8. The van der Waals surface area contributed by atoms with E-state index in [2.05, 4.69) is 38.5 Å². The van der Waals surface area contributed by atoms with E-state index in [9.17, 15) is 5.11 Å². The molecule has 2 saturated heterocycles. The van der Waals surface area contributed by atoms with E-state index in [4.69, 9.17) is 9.47 Å². The largest absolute Gasteiger partial charge is 0.388 e. The summed E-state index contributed by atoms with van der Waals surface area (Å²) < 4.78 is 13.6. The van der Waals surface area contributed by atoms with Crippen molar-refractivity contribution >= 4 is 38.5 Å². The van der Waals surface area contributed by atoms with E-state index in [1.807, 2.05) is 18.2 Å². The topological polar surface area (TPSA) is 38.7 Å². The van der Waals surface area contributed by atoms with Crippen LogP contribution >= 0.6 is 38.5 Å². The molecule has 0 saturated carbocycles. The summed E-state index contributed by atoms with van der Waals surface area (Å²) in [6.07, 6.45) is 2.31. The summed E-state index contributed by atoms with van der Waals surface area (Å²) in [5.74, 6) is 0.244. The molecule has 0 bridgehead atoms. The average Bonchev–Trinajstić information content (AvgIpc) is 2.88. The number of hydrogen-bond acceptors (Lipinski definition) is 3. The van der Waals surface area contributed by atoms with Crippen molar-refractivity contribution < 1.29 is 14.6 Å². The molecule has 1 spiro atoms. The third-order valence-electron chi connectivity index (χ3n) is 4.32. The Morgan fingerprint density at radius 1 is 1.40 bits per heavy atom. The van der Waals surface area contributed by atoms with Crippen molar-refractivity contribution in [1.29, 1.82) is 0 Å². The third kappa shape index (κ3) is 3.06. The van der Waals surface area contributed by atoms with Crippen LogP contribution in [-0.4, -0.2) is 30.5 Å². The van der Waals surface area contributed by atoms with Crippen LogP contribution in [0.4, 0.5) is 0 Å². The van der Waals surface area contributed by atoms with Crippen molar-refractivity contribution in [3.05, 3.63) is 31.8 Å². The molecule has 0 aromatic heterocycles. The average molecular weight is 453 g/mol. The molecule has 2 fully saturated rings. The van der Waals surface area contributed by atoms with Crippen LogP contribution in [0.15, 0.2) is 22.7 Å². The Hall–Kier alpha value is 0.310. The van der Waals surface area contributed by atoms with Gasteiger partial charge in [-0.2, -0.15) is 0 Å². The molecular weight excluding hydrogens is 435 g/mol. The van der Waals surface area contributed by atoms with E-state index in [1.54, 1.807) is 0 Å². The number of ether oxygens (including phenoxy) is 2. The lowest BCUT2D eigenvalue weighted by Crippen LogP contribution is -2.42. The SMILES string of the molecule is OC(c1cc(Br)ccc1I)C1CCOC2(CCOC2)C1. The van der Waals surface area contributed by atoms with Gasteiger partial charge in [0.1, 0.15) is 0 Å². The second kappa shape index (κ2) is 6.20. The molecule has 0 radical (unpaired) electrons. The highest BCUT2D eigenvalue weighted by molar-refractivity contribution is 14.1. The van der Waals surface area contributed by atoms with E-state index in [0.29, 0.717) is 6.61 Å². The minimum atomic E-state index is -0.430. The normalized spacial score (nSPS) is 31.6. The maximum atomic E-state index is 10.8. The van der Waals surface area contributed by atoms with Gasteiger partial charge in [-0.1, -0.05) is 15.9 Å². The van der Waals surface area contributed by atoms with Crippen molar-refractivity contribution in [3.63, 3.8) is 0 Å². The lowest BCUT2D eigenvalue weighted by Gasteiger charge is -2.39. The van der Waals surface area contributed by atoms with Crippen LogP contribution in [0.1, 0.15) is 30.9 Å². The van der Waals surface area contributed by atoms with Crippen LogP contribution in [0.5, 0.6) is 0 Å². The fourth-order valence-electron chi connectivity index (χ4n) is 3.19. The summed E-state index contributed by atoms with van der Waals surface area (Å²) in [4.78, 5) is 0. The van der Waals surface area contributed by atoms with Gasteiger partial charge in [-0.3, -0.25) is 0 Å². The van der Waals surface area contributed by atoms with E-state index < -0.39 is 6.10 Å². The van der Waals surface area contributed by atoms with Crippen LogP contribution < -0.4 is 0 Å². The maximum Gasteiger partial charge on any atom is 0.0940 e. The van der Waals surface area contributed by atoms with Crippen molar-refractivity contribution in [2.75, 3.05) is 19.8 Å². The smallest absolute Gasteiger partial charge is 0.0940 e. The molecule has 0 amide bonds. The van der Waals surface area contributed by atoms with Crippen molar-refractivity contribution in [2.45, 2.75) is 31.0 Å². The van der Waals surface area contributed by atoms with Crippen LogP contribution in [0.2, 0.25) is 0 Å². The van der Waals surface area contributed by atoms with Crippen LogP contribution in [-0.2, 0) is 9.47 Å². The number of halogens is 2. The van der Waals surface area contributed by atoms with E-state index in [-0.39, 0.29) is 11.5 Å². The molecule has 1 N–H and O–H groups in total. The van der Waals surface area contributed by atoms with Gasteiger partial charge < -0.3 is 14.6 Å². The zero-order valence-corrected chi connectivity index (χ0v) is 14.9. The summed E-state index contributed by atoms with van der Waals surface area (Å²) in [6, 6.07) is 6.07. The fraction of sp³-hybridized carbons (Fsp3) is 0.600. The molecule has 5 heteroatoms. The Morgan fingerprint density at radius 2 is 2.25 bits per heavy atom. The number of aliphatic hydroxyl groups excluding tert-OH is 1. The van der Waals surface area contributed by atoms with Crippen molar-refractivity contribution in [1.82, 2.24) is 0 Å². The quantitative estimate of drug-likeness (QED) is 0.695. The maximum absolute atomic E-state index is 10.8. The molecule has 20 heavy (non-hydrogen) atoms. The summed E-state index contributed by atoms with van der Waals surface area (Å²) in [6.45, 7) is 2.17. The van der Waals surface area contributed by atoms with Crippen LogP contribution in [0, 0.1) is 9.49 Å². The first-order chi connectivity index (χ1) is 9.60. The van der Waals surface area contributed by atoms with Crippen molar-refractivity contribution in [2.24, 2.45) is 5.92 Å². The highest BCUT2D eigenvalue weighted by atomic mass is 127. The third-order valence-corrected chi connectivity index (χ3v) is 5.80. The Bertz CT molecular complexity index is 488. The highest BCUT2D eigenvalue weighted by Crippen LogP contribution is 2.42. The molecule has 2 heterocycles. The lowest BCUT2D eigenvalue weighted by molar-refractivity contribution is -0.117. The standard InChI is InChI=1S/C15H18BrIO3/c16-11-1-2-13(17)12(7-11)14(18)10-3-5-20-15(8-10)4-6-19-9-15/h1-2,7,10,14,18H,3-6,8-9H2. The van der Waals surface area contributed by atoms with Gasteiger partial charge in [-0.25, -0.2) is 0 Å². The fourth-order valence-corrected chi connectivity index (χ4v) is 4.23. The highest BCUT2D eigenvalue weighted by Gasteiger charge is 2.43. The predicted octanol–water partition coefficient (Wildman–Crippen LogP) is 3.67. The molecule has 1 aromatic rings. The molecular formula is C15H18BrIO3. The Labute approximate surface area is 141 Å². The first-order valence-corrected chi connectivity index (χ1v) is 8.82. The van der Waals surface area contributed by atoms with Gasteiger partial charge in [0.05, 0.1) is 18.3 Å². The van der Waals surface area contributed by atoms with Crippen LogP contribution in [0.25, 0.3) is 0 Å². The Morgan fingerprint density at radius 3 is 3.00 bits per heavy atom. The number of rotatable bonds is 2. The second-order valence-electron chi connectivity index (χ2n) is 5.70. The van der Waals surface area contributed by atoms with Gasteiger partial charge in [-0.05, 0) is 65.1 Å². The zero-order chi connectivity index (χ0) is 14.2. The first-order valence-electron chi connectivity index (χ1n) is 6.94. The molecule has 3 atom stereocenters. The number of aliphatic hydroxyl groups is 1. The predicted molar refractivity (Wildman–Crippen MR) is 88.7 cm³/mol. The summed E-state index contributed by atoms with van der Waals surface area (Å²) >= 11 is 5.78. The first kappa shape index (κ1) is 15.2. The van der Waals surface area contributed by atoms with Gasteiger partial charge in [0, 0.05) is 27.7 Å². The monoisotopic (exact) mass is 452 g/mol. The Balaban J connectivity index is 1.79.